The highest BCUT2D eigenvalue weighted by Crippen LogP contribution is 2.17. The van der Waals surface area contributed by atoms with E-state index in [0.717, 1.165) is 5.69 Å². The molecule has 0 aliphatic heterocycles. The molecule has 1 aromatic heterocycles. The molecule has 7 heteroatoms. The van der Waals surface area contributed by atoms with Crippen LogP contribution in [0.3, 0.4) is 0 Å². The third-order valence-electron chi connectivity index (χ3n) is 3.22. The summed E-state index contributed by atoms with van der Waals surface area (Å²) in [6.45, 7) is 5.99. The second-order valence-electron chi connectivity index (χ2n) is 5.69. The second kappa shape index (κ2) is 8.54. The van der Waals surface area contributed by atoms with Crippen LogP contribution in [0.2, 0.25) is 0 Å². The molecule has 0 unspecified atom stereocenters. The summed E-state index contributed by atoms with van der Waals surface area (Å²) in [5.41, 5.74) is 1.98. The van der Waals surface area contributed by atoms with Gasteiger partial charge >= 0.3 is 0 Å². The average Bonchev–Trinajstić information content (AvgIpc) is 2.92. The maximum atomic E-state index is 11.9. The zero-order valence-electron chi connectivity index (χ0n) is 14.0. The van der Waals surface area contributed by atoms with Gasteiger partial charge < -0.3 is 15.2 Å². The lowest BCUT2D eigenvalue weighted by atomic mass is 10.0. The van der Waals surface area contributed by atoms with Gasteiger partial charge in [-0.15, -0.1) is 11.8 Å². The van der Waals surface area contributed by atoms with Crippen LogP contribution in [0.1, 0.15) is 31.1 Å². The number of aryl methyl sites for hydroxylation is 1. The van der Waals surface area contributed by atoms with Gasteiger partial charge in [-0.2, -0.15) is 0 Å². The van der Waals surface area contributed by atoms with Crippen LogP contribution >= 0.6 is 11.8 Å². The van der Waals surface area contributed by atoms with Crippen molar-refractivity contribution in [3.8, 4) is 0 Å². The number of hydrogen-bond acceptors (Lipinski definition) is 5. The fraction of sp³-hybridized carbons (Fsp3) is 0.353. The van der Waals surface area contributed by atoms with E-state index in [2.05, 4.69) is 29.6 Å². The third kappa shape index (κ3) is 5.73. The smallest absolute Gasteiger partial charge is 0.235 e. The molecule has 0 radical (unpaired) electrons. The molecule has 0 bridgehead atoms. The first kappa shape index (κ1) is 18.1. The lowest BCUT2D eigenvalue weighted by Gasteiger charge is -2.08. The van der Waals surface area contributed by atoms with E-state index in [1.807, 2.05) is 24.3 Å². The highest BCUT2D eigenvalue weighted by atomic mass is 32.2. The van der Waals surface area contributed by atoms with Gasteiger partial charge in [0, 0.05) is 11.8 Å². The van der Waals surface area contributed by atoms with Crippen LogP contribution < -0.4 is 10.6 Å². The van der Waals surface area contributed by atoms with Crippen LogP contribution in [0.5, 0.6) is 0 Å². The summed E-state index contributed by atoms with van der Waals surface area (Å²) >= 11 is 1.24. The highest BCUT2D eigenvalue weighted by Gasteiger charge is 2.09. The maximum absolute atomic E-state index is 11.9. The van der Waals surface area contributed by atoms with Crippen molar-refractivity contribution in [1.29, 1.82) is 0 Å². The fourth-order valence-electron chi connectivity index (χ4n) is 1.99. The molecule has 0 atom stereocenters. The average molecular weight is 347 g/mol. The summed E-state index contributed by atoms with van der Waals surface area (Å²) in [5.74, 6) is 1.48. The third-order valence-corrected chi connectivity index (χ3v) is 4.16. The molecule has 0 spiro atoms. The van der Waals surface area contributed by atoms with Crippen LogP contribution in [0.4, 0.5) is 11.5 Å². The summed E-state index contributed by atoms with van der Waals surface area (Å²) in [7, 11) is 0. The number of amides is 2. The van der Waals surface area contributed by atoms with Crippen LogP contribution in [0.15, 0.2) is 34.9 Å². The predicted molar refractivity (Wildman–Crippen MR) is 96.4 cm³/mol. The van der Waals surface area contributed by atoms with Crippen molar-refractivity contribution in [3.63, 3.8) is 0 Å². The quantitative estimate of drug-likeness (QED) is 0.802. The molecule has 0 saturated carbocycles. The van der Waals surface area contributed by atoms with E-state index in [-0.39, 0.29) is 23.3 Å². The van der Waals surface area contributed by atoms with Crippen molar-refractivity contribution in [2.24, 2.45) is 0 Å². The summed E-state index contributed by atoms with van der Waals surface area (Å²) in [5, 5.41) is 9.10. The van der Waals surface area contributed by atoms with Crippen LogP contribution in [-0.4, -0.2) is 28.5 Å². The standard InChI is InChI=1S/C17H21N3O3S/c1-11(2)13-4-6-14(7-5-13)18-16(21)9-24-10-17(22)19-15-8-12(3)23-20-15/h4-8,11H,9-10H2,1-3H3,(H,18,21)(H,19,20,22). The molecule has 2 N–H and O–H groups in total. The van der Waals surface area contributed by atoms with Gasteiger partial charge in [-0.05, 0) is 30.5 Å². The minimum Gasteiger partial charge on any atom is -0.360 e. The van der Waals surface area contributed by atoms with Gasteiger partial charge in [0.2, 0.25) is 11.8 Å². The molecule has 128 valence electrons. The Labute approximate surface area is 145 Å². The normalized spacial score (nSPS) is 10.7. The number of benzene rings is 1. The number of nitrogens with zero attached hydrogens (tertiary/aromatic N) is 1. The Morgan fingerprint density at radius 2 is 1.75 bits per heavy atom. The second-order valence-corrected chi connectivity index (χ2v) is 6.67. The molecule has 6 nitrogen and oxygen atoms in total. The van der Waals surface area contributed by atoms with Crippen molar-refractivity contribution in [2.75, 3.05) is 22.1 Å². The summed E-state index contributed by atoms with van der Waals surface area (Å²) in [6, 6.07) is 9.41. The van der Waals surface area contributed by atoms with Crippen molar-refractivity contribution >= 4 is 35.1 Å². The Balaban J connectivity index is 1.70. The zero-order chi connectivity index (χ0) is 17.5. The molecule has 2 aromatic rings. The Bertz CT molecular complexity index is 695. The maximum Gasteiger partial charge on any atom is 0.235 e. The van der Waals surface area contributed by atoms with Gasteiger partial charge in [0.1, 0.15) is 5.76 Å². The first-order valence-electron chi connectivity index (χ1n) is 7.65. The Morgan fingerprint density at radius 3 is 2.29 bits per heavy atom. The lowest BCUT2D eigenvalue weighted by Crippen LogP contribution is -2.18. The first-order chi connectivity index (χ1) is 11.4. The number of aromatic nitrogens is 1. The number of hydrogen-bond donors (Lipinski definition) is 2. The molecule has 0 aliphatic carbocycles. The molecule has 1 aromatic carbocycles. The predicted octanol–water partition coefficient (Wildman–Crippen LogP) is 3.42. The lowest BCUT2D eigenvalue weighted by molar-refractivity contribution is -0.114. The topological polar surface area (TPSA) is 84.2 Å². The Hall–Kier alpha value is -2.28. The zero-order valence-corrected chi connectivity index (χ0v) is 14.8. The van der Waals surface area contributed by atoms with E-state index in [9.17, 15) is 9.59 Å². The van der Waals surface area contributed by atoms with E-state index < -0.39 is 0 Å². The monoisotopic (exact) mass is 347 g/mol. The number of thioether (sulfide) groups is 1. The van der Waals surface area contributed by atoms with Gasteiger partial charge in [0.25, 0.3) is 0 Å². The number of rotatable bonds is 7. The number of nitrogens with one attached hydrogen (secondary N) is 2. The minimum atomic E-state index is -0.220. The van der Waals surface area contributed by atoms with Crippen molar-refractivity contribution < 1.29 is 14.1 Å². The van der Waals surface area contributed by atoms with E-state index in [1.54, 1.807) is 13.0 Å². The largest absolute Gasteiger partial charge is 0.360 e. The number of carbonyl (C=O) groups excluding carboxylic acids is 2. The molecule has 1 heterocycles. The van der Waals surface area contributed by atoms with Crippen molar-refractivity contribution in [2.45, 2.75) is 26.7 Å². The number of anilines is 2. The SMILES string of the molecule is Cc1cc(NC(=O)CSCC(=O)Nc2ccc(C(C)C)cc2)no1. The van der Waals surface area contributed by atoms with E-state index in [0.29, 0.717) is 17.5 Å². The highest BCUT2D eigenvalue weighted by molar-refractivity contribution is 8.00. The molecular formula is C17H21N3O3S. The van der Waals surface area contributed by atoms with Crippen molar-refractivity contribution in [1.82, 2.24) is 5.16 Å². The van der Waals surface area contributed by atoms with E-state index in [4.69, 9.17) is 4.52 Å². The van der Waals surface area contributed by atoms with Gasteiger partial charge in [0.15, 0.2) is 5.82 Å². The van der Waals surface area contributed by atoms with E-state index >= 15 is 0 Å². The minimum absolute atomic E-state index is 0.137. The molecule has 2 rings (SSSR count). The van der Waals surface area contributed by atoms with E-state index in [1.165, 1.54) is 17.3 Å². The molecule has 0 fully saturated rings. The van der Waals surface area contributed by atoms with Gasteiger partial charge in [-0.25, -0.2) is 0 Å². The molecule has 24 heavy (non-hydrogen) atoms. The number of carbonyl (C=O) groups is 2. The molecule has 2 amide bonds. The first-order valence-corrected chi connectivity index (χ1v) is 8.80. The molecular weight excluding hydrogens is 326 g/mol. The summed E-state index contributed by atoms with van der Waals surface area (Å²) in [4.78, 5) is 23.6. The summed E-state index contributed by atoms with van der Waals surface area (Å²) in [6.07, 6.45) is 0. The molecule has 0 aliphatic rings. The molecule has 0 saturated heterocycles. The summed E-state index contributed by atoms with van der Waals surface area (Å²) < 4.78 is 4.86. The fourth-order valence-corrected chi connectivity index (χ4v) is 2.61. The van der Waals surface area contributed by atoms with Gasteiger partial charge in [-0.1, -0.05) is 31.1 Å². The van der Waals surface area contributed by atoms with Crippen LogP contribution in [0.25, 0.3) is 0 Å². The Kier molecular flexibility index (Phi) is 6.43. The van der Waals surface area contributed by atoms with Crippen LogP contribution in [0, 0.1) is 6.92 Å². The van der Waals surface area contributed by atoms with Crippen molar-refractivity contribution in [3.05, 3.63) is 41.7 Å². The van der Waals surface area contributed by atoms with Crippen LogP contribution in [-0.2, 0) is 9.59 Å². The Morgan fingerprint density at radius 1 is 1.12 bits per heavy atom. The van der Waals surface area contributed by atoms with Gasteiger partial charge in [-0.3, -0.25) is 9.59 Å². The van der Waals surface area contributed by atoms with Gasteiger partial charge in [0.05, 0.1) is 11.5 Å².